The predicted molar refractivity (Wildman–Crippen MR) is 132 cm³/mol. The number of ether oxygens (including phenoxy) is 1. The van der Waals surface area contributed by atoms with Gasteiger partial charge >= 0.3 is 0 Å². The molecule has 35 heavy (non-hydrogen) atoms. The second kappa shape index (κ2) is 9.11. The highest BCUT2D eigenvalue weighted by Gasteiger charge is 2.41. The van der Waals surface area contributed by atoms with Crippen LogP contribution in [-0.4, -0.2) is 47.8 Å². The van der Waals surface area contributed by atoms with Gasteiger partial charge in [0.1, 0.15) is 5.69 Å². The monoisotopic (exact) mass is 499 g/mol. The first-order chi connectivity index (χ1) is 16.5. The first kappa shape index (κ1) is 24.9. The van der Waals surface area contributed by atoms with Gasteiger partial charge in [0, 0.05) is 31.5 Å². The summed E-state index contributed by atoms with van der Waals surface area (Å²) in [6.45, 7) is 6.87. The Labute approximate surface area is 204 Å². The molecule has 0 atom stereocenters. The summed E-state index contributed by atoms with van der Waals surface area (Å²) in [4.78, 5) is 18.8. The zero-order valence-corrected chi connectivity index (χ0v) is 21.0. The van der Waals surface area contributed by atoms with Crippen LogP contribution in [-0.2, 0) is 21.3 Å². The normalized spacial score (nSPS) is 19.7. The molecule has 1 aromatic carbocycles. The molecule has 0 saturated carbocycles. The molecule has 2 aliphatic rings. The standard InChI is InChI=1S/C24H30N6O4S/c1-23(2,3)30-15-16-14-17(4-5-19(16)35(30,32)33)28-21(26)20-18(6-11-27-22(20)31)29-24(7-10-25)8-12-34-13-9-24/h4-6,11,14H,7-9,12-13,15H2,1-3H3,(H2,26,28)(H2,27,29,31)/p+1. The molecule has 0 aliphatic carbocycles. The summed E-state index contributed by atoms with van der Waals surface area (Å²) in [5.74, 6) is 0.113. The van der Waals surface area contributed by atoms with E-state index >= 15 is 0 Å². The minimum absolute atomic E-state index is 0.113. The number of hydrogen-bond donors (Lipinski definition) is 4. The van der Waals surface area contributed by atoms with Crippen LogP contribution >= 0.6 is 0 Å². The fourth-order valence-electron chi connectivity index (χ4n) is 4.60. The van der Waals surface area contributed by atoms with Crippen molar-refractivity contribution in [2.24, 2.45) is 5.73 Å². The summed E-state index contributed by atoms with van der Waals surface area (Å²) in [6.07, 6.45) is 3.05. The first-order valence-electron chi connectivity index (χ1n) is 11.5. The number of benzene rings is 1. The SMILES string of the molecule is CC(C)(C)N1Cc2cc([NH+]=C(N)c3c(NC4(CC#N)CCOCC4)cc[nH]c3=O)ccc2S1(=O)=O. The Morgan fingerprint density at radius 2 is 2.03 bits per heavy atom. The van der Waals surface area contributed by atoms with Crippen LogP contribution in [0.5, 0.6) is 0 Å². The molecule has 4 rings (SSSR count). The Kier molecular flexibility index (Phi) is 6.48. The number of anilines is 1. The maximum absolute atomic E-state index is 12.9. The Hall–Kier alpha value is -3.20. The molecular formula is C24H31N6O4S+. The van der Waals surface area contributed by atoms with E-state index in [4.69, 9.17) is 10.5 Å². The number of rotatable bonds is 5. The van der Waals surface area contributed by atoms with Crippen molar-refractivity contribution in [2.75, 3.05) is 18.5 Å². The van der Waals surface area contributed by atoms with Gasteiger partial charge in [-0.2, -0.15) is 9.57 Å². The molecule has 0 bridgehead atoms. The van der Waals surface area contributed by atoms with E-state index in [0.717, 1.165) is 0 Å². The molecule has 2 aliphatic heterocycles. The van der Waals surface area contributed by atoms with Crippen molar-refractivity contribution in [3.8, 4) is 6.07 Å². The Morgan fingerprint density at radius 3 is 2.69 bits per heavy atom. The summed E-state index contributed by atoms with van der Waals surface area (Å²) in [7, 11) is -3.58. The molecule has 186 valence electrons. The van der Waals surface area contributed by atoms with Gasteiger partial charge in [-0.3, -0.25) is 10.5 Å². The smallest absolute Gasteiger partial charge is 0.285 e. The number of fused-ring (bicyclic) bond motifs is 1. The van der Waals surface area contributed by atoms with Gasteiger partial charge in [-0.25, -0.2) is 13.4 Å². The van der Waals surface area contributed by atoms with Gasteiger partial charge in [0.15, 0.2) is 5.56 Å². The van der Waals surface area contributed by atoms with Gasteiger partial charge in [-0.05, 0) is 63.4 Å². The van der Waals surface area contributed by atoms with Crippen LogP contribution in [0.15, 0.2) is 40.2 Å². The number of pyridine rings is 1. The van der Waals surface area contributed by atoms with Crippen molar-refractivity contribution in [3.05, 3.63) is 51.9 Å². The largest absolute Gasteiger partial charge is 0.381 e. The highest BCUT2D eigenvalue weighted by Crippen LogP contribution is 2.36. The molecule has 0 radical (unpaired) electrons. The maximum Gasteiger partial charge on any atom is 0.285 e. The average Bonchev–Trinajstić information content (AvgIpc) is 3.05. The van der Waals surface area contributed by atoms with Crippen molar-refractivity contribution in [3.63, 3.8) is 0 Å². The third-order valence-corrected chi connectivity index (χ3v) is 8.68. The molecule has 1 fully saturated rings. The molecule has 0 spiro atoms. The fourth-order valence-corrected chi connectivity index (χ4v) is 6.56. The van der Waals surface area contributed by atoms with Crippen LogP contribution in [0.1, 0.15) is 51.2 Å². The number of nitrogen functional groups attached to an aromatic ring is 1. The number of amidine groups is 1. The molecular weight excluding hydrogens is 468 g/mol. The van der Waals surface area contributed by atoms with E-state index in [1.165, 1.54) is 10.5 Å². The summed E-state index contributed by atoms with van der Waals surface area (Å²) >= 11 is 0. The molecule has 3 heterocycles. The molecule has 2 aromatic rings. The number of nitrogens with zero attached hydrogens (tertiary/aromatic N) is 2. The van der Waals surface area contributed by atoms with E-state index in [0.29, 0.717) is 43.0 Å². The van der Waals surface area contributed by atoms with Gasteiger partial charge < -0.3 is 15.0 Å². The van der Waals surface area contributed by atoms with Crippen molar-refractivity contribution in [2.45, 2.75) is 62.6 Å². The highest BCUT2D eigenvalue weighted by molar-refractivity contribution is 7.89. The average molecular weight is 500 g/mol. The second-order valence-corrected chi connectivity index (χ2v) is 11.8. The number of hydrogen-bond acceptors (Lipinski definition) is 6. The van der Waals surface area contributed by atoms with Gasteiger partial charge in [0.25, 0.3) is 11.4 Å². The number of H-pyrrole nitrogens is 1. The zero-order valence-electron chi connectivity index (χ0n) is 20.1. The van der Waals surface area contributed by atoms with Gasteiger partial charge in [-0.1, -0.05) is 0 Å². The van der Waals surface area contributed by atoms with Crippen LogP contribution in [0.2, 0.25) is 0 Å². The number of nitriles is 1. The predicted octanol–water partition coefficient (Wildman–Crippen LogP) is 0.670. The van der Waals surface area contributed by atoms with Crippen molar-refractivity contribution < 1.29 is 18.1 Å². The quantitative estimate of drug-likeness (QED) is 0.348. The van der Waals surface area contributed by atoms with E-state index < -0.39 is 21.1 Å². The lowest BCUT2D eigenvalue weighted by atomic mass is 9.86. The molecule has 5 N–H and O–H groups in total. The number of aromatic amines is 1. The minimum atomic E-state index is -3.58. The first-order valence-corrected chi connectivity index (χ1v) is 12.9. The van der Waals surface area contributed by atoms with Crippen molar-refractivity contribution in [1.82, 2.24) is 9.29 Å². The highest BCUT2D eigenvalue weighted by atomic mass is 32.2. The maximum atomic E-state index is 12.9. The second-order valence-electron chi connectivity index (χ2n) is 9.99. The van der Waals surface area contributed by atoms with E-state index in [1.807, 2.05) is 20.8 Å². The lowest BCUT2D eigenvalue weighted by Gasteiger charge is -2.37. The minimum Gasteiger partial charge on any atom is -0.381 e. The molecule has 0 unspecified atom stereocenters. The third-order valence-electron chi connectivity index (χ3n) is 6.47. The third kappa shape index (κ3) is 4.82. The van der Waals surface area contributed by atoms with Crippen LogP contribution in [0.3, 0.4) is 0 Å². The summed E-state index contributed by atoms with van der Waals surface area (Å²) in [5.41, 5.74) is 6.87. The topological polar surface area (TPSA) is 155 Å². The summed E-state index contributed by atoms with van der Waals surface area (Å²) in [6, 6.07) is 8.89. The molecule has 10 nitrogen and oxygen atoms in total. The fraction of sp³-hybridized carbons (Fsp3) is 0.458. The van der Waals surface area contributed by atoms with Crippen LogP contribution < -0.4 is 21.6 Å². The van der Waals surface area contributed by atoms with E-state index in [1.54, 1.807) is 24.3 Å². The van der Waals surface area contributed by atoms with Crippen LogP contribution in [0, 0.1) is 11.3 Å². The molecule has 0 amide bonds. The number of sulfonamides is 1. The summed E-state index contributed by atoms with van der Waals surface area (Å²) < 4.78 is 32.8. The van der Waals surface area contributed by atoms with E-state index in [9.17, 15) is 18.5 Å². The Morgan fingerprint density at radius 1 is 1.31 bits per heavy atom. The molecule has 1 aromatic heterocycles. The summed E-state index contributed by atoms with van der Waals surface area (Å²) in [5, 5.41) is 12.8. The Bertz CT molecular complexity index is 1360. The zero-order chi connectivity index (χ0) is 25.4. The number of aromatic nitrogens is 1. The lowest BCUT2D eigenvalue weighted by Crippen LogP contribution is -2.70. The molecule has 11 heteroatoms. The van der Waals surface area contributed by atoms with E-state index in [2.05, 4.69) is 21.4 Å². The van der Waals surface area contributed by atoms with Crippen molar-refractivity contribution in [1.29, 1.82) is 5.26 Å². The molecule has 1 saturated heterocycles. The number of nitrogens with one attached hydrogen (secondary N) is 3. The lowest BCUT2D eigenvalue weighted by molar-refractivity contribution is -0.354. The van der Waals surface area contributed by atoms with Gasteiger partial charge in [0.05, 0.1) is 28.6 Å². The van der Waals surface area contributed by atoms with Crippen LogP contribution in [0.25, 0.3) is 0 Å². The number of nitrogens with two attached hydrogens (primary N) is 1. The van der Waals surface area contributed by atoms with Gasteiger partial charge in [-0.15, -0.1) is 0 Å². The van der Waals surface area contributed by atoms with Gasteiger partial charge in [0.2, 0.25) is 10.0 Å². The van der Waals surface area contributed by atoms with Crippen LogP contribution in [0.4, 0.5) is 11.4 Å². The van der Waals surface area contributed by atoms with E-state index in [-0.39, 0.29) is 34.8 Å². The van der Waals surface area contributed by atoms with Crippen molar-refractivity contribution >= 4 is 27.2 Å². The Balaban J connectivity index is 1.70.